The van der Waals surface area contributed by atoms with Gasteiger partial charge in [0, 0.05) is 25.2 Å². The molecule has 10 heteroatoms. The Balaban J connectivity index is 1.72. The highest BCUT2D eigenvalue weighted by molar-refractivity contribution is 6.25. The molecule has 2 heterocycles. The third kappa shape index (κ3) is 3.86. The summed E-state index contributed by atoms with van der Waals surface area (Å²) in [4.78, 5) is 50.0. The molecule has 0 aliphatic carbocycles. The predicted molar refractivity (Wildman–Crippen MR) is 99.0 cm³/mol. The number of benzene rings is 1. The summed E-state index contributed by atoms with van der Waals surface area (Å²) in [5.41, 5.74) is 1.03. The maximum Gasteiger partial charge on any atom is 0.264 e. The summed E-state index contributed by atoms with van der Waals surface area (Å²) in [7, 11) is 1.84. The van der Waals surface area contributed by atoms with Gasteiger partial charge in [-0.25, -0.2) is 0 Å². The third-order valence-electron chi connectivity index (χ3n) is 4.53. The van der Waals surface area contributed by atoms with Crippen LogP contribution >= 0.6 is 0 Å². The van der Waals surface area contributed by atoms with Gasteiger partial charge in [0.1, 0.15) is 6.04 Å². The molecule has 3 N–H and O–H groups in total. The molecule has 4 amide bonds. The van der Waals surface area contributed by atoms with Gasteiger partial charge in [-0.2, -0.15) is 0 Å². The Morgan fingerprint density at radius 1 is 1.15 bits per heavy atom. The molecule has 142 valence electrons. The van der Waals surface area contributed by atoms with Crippen molar-refractivity contribution in [1.29, 1.82) is 0 Å². The minimum absolute atomic E-state index is 0.0961. The van der Waals surface area contributed by atoms with Gasteiger partial charge in [-0.05, 0) is 18.6 Å². The first-order valence-corrected chi connectivity index (χ1v) is 8.85. The van der Waals surface area contributed by atoms with Crippen LogP contribution in [-0.2, 0) is 14.3 Å². The number of ether oxygens (including phenoxy) is 1. The molecule has 1 unspecified atom stereocenters. The van der Waals surface area contributed by atoms with E-state index >= 15 is 0 Å². The second-order valence-corrected chi connectivity index (χ2v) is 6.32. The van der Waals surface area contributed by atoms with Crippen LogP contribution in [0.3, 0.4) is 0 Å². The highest BCUT2D eigenvalue weighted by Crippen LogP contribution is 2.32. The zero-order valence-corrected chi connectivity index (χ0v) is 15.0. The van der Waals surface area contributed by atoms with Gasteiger partial charge in [0.2, 0.25) is 11.8 Å². The molecule has 2 aliphatic rings. The van der Waals surface area contributed by atoms with E-state index in [0.29, 0.717) is 25.4 Å². The van der Waals surface area contributed by atoms with Gasteiger partial charge in [0.25, 0.3) is 11.8 Å². The van der Waals surface area contributed by atoms with Gasteiger partial charge >= 0.3 is 0 Å². The molecule has 3 rings (SSSR count). The minimum Gasteiger partial charge on any atom is -0.382 e. The number of anilines is 1. The average molecular weight is 372 g/mol. The van der Waals surface area contributed by atoms with Crippen molar-refractivity contribution in [3.05, 3.63) is 29.3 Å². The zero-order valence-electron chi connectivity index (χ0n) is 15.0. The Labute approximate surface area is 157 Å². The van der Waals surface area contributed by atoms with Gasteiger partial charge in [-0.3, -0.25) is 29.4 Å². The zero-order chi connectivity index (χ0) is 19.4. The summed E-state index contributed by atoms with van der Waals surface area (Å²) in [6, 6.07) is 4.00. The molecule has 0 spiro atoms. The fourth-order valence-corrected chi connectivity index (χ4v) is 3.20. The molecule has 0 saturated carbocycles. The first kappa shape index (κ1) is 19.1. The number of nitrogens with zero attached hydrogens (tertiary/aromatic N) is 1. The highest BCUT2D eigenvalue weighted by atomic mass is 16.5. The van der Waals surface area contributed by atoms with E-state index in [1.54, 1.807) is 18.2 Å². The molecular weight excluding hydrogens is 351 g/mol. The molecule has 27 heavy (non-hydrogen) atoms. The first-order valence-electron chi connectivity index (χ1n) is 8.85. The van der Waals surface area contributed by atoms with Crippen LogP contribution in [0.25, 0.3) is 0 Å². The van der Waals surface area contributed by atoms with Crippen molar-refractivity contribution in [2.45, 2.75) is 18.9 Å². The molecule has 0 bridgehead atoms. The van der Waals surface area contributed by atoms with Crippen molar-refractivity contribution in [2.24, 2.45) is 0 Å². The lowest BCUT2D eigenvalue weighted by atomic mass is 10.0. The van der Waals surface area contributed by atoms with Crippen molar-refractivity contribution in [3.63, 3.8) is 0 Å². The summed E-state index contributed by atoms with van der Waals surface area (Å²) < 4.78 is 5.43. The van der Waals surface area contributed by atoms with Gasteiger partial charge in [-0.15, -0.1) is 0 Å². The Bertz CT molecular complexity index is 785. The monoisotopic (exact) mass is 372 g/mol. The van der Waals surface area contributed by atoms with Gasteiger partial charge in [0.15, 0.2) is 7.98 Å². The normalized spacial score (nSPS) is 19.3. The summed E-state index contributed by atoms with van der Waals surface area (Å²) in [6.45, 7) is 2.24. The van der Waals surface area contributed by atoms with Crippen molar-refractivity contribution < 1.29 is 23.9 Å². The molecule has 2 aliphatic heterocycles. The molecular formula is C17H21BN4O5. The summed E-state index contributed by atoms with van der Waals surface area (Å²) in [5.74, 6) is -2.05. The van der Waals surface area contributed by atoms with Crippen molar-refractivity contribution in [1.82, 2.24) is 15.4 Å². The molecule has 1 atom stereocenters. The molecule has 1 aromatic carbocycles. The van der Waals surface area contributed by atoms with Gasteiger partial charge in [-0.1, -0.05) is 6.07 Å². The number of rotatable bonds is 8. The Kier molecular flexibility index (Phi) is 5.87. The minimum atomic E-state index is -0.965. The number of carbonyl (C=O) groups is 4. The maximum atomic E-state index is 12.9. The van der Waals surface area contributed by atoms with Crippen LogP contribution in [0.4, 0.5) is 5.69 Å². The van der Waals surface area contributed by atoms with E-state index in [1.807, 2.05) is 7.98 Å². The summed E-state index contributed by atoms with van der Waals surface area (Å²) >= 11 is 0. The fraction of sp³-hybridized carbons (Fsp3) is 0.412. The van der Waals surface area contributed by atoms with E-state index in [-0.39, 0.29) is 24.0 Å². The van der Waals surface area contributed by atoms with Gasteiger partial charge < -0.3 is 15.3 Å². The molecule has 1 fully saturated rings. The van der Waals surface area contributed by atoms with Crippen LogP contribution in [0.2, 0.25) is 0 Å². The van der Waals surface area contributed by atoms with Crippen LogP contribution in [-0.4, -0.2) is 68.9 Å². The Morgan fingerprint density at radius 2 is 1.93 bits per heavy atom. The molecule has 0 radical (unpaired) electrons. The van der Waals surface area contributed by atoms with Crippen molar-refractivity contribution in [2.75, 3.05) is 31.6 Å². The largest absolute Gasteiger partial charge is 0.382 e. The standard InChI is InChI=1S/C17H21BN4O5/c18-20-7-9-27-8-6-19-11-3-1-2-10-14(11)17(26)22(16(10)25)12-4-5-13(23)21-15(12)24/h1-3,12,19-20H,4-9,18H2,(H,21,23,24). The van der Waals surface area contributed by atoms with E-state index in [9.17, 15) is 19.2 Å². The summed E-state index contributed by atoms with van der Waals surface area (Å²) in [5, 5.41) is 8.28. The number of hydrogen-bond acceptors (Lipinski definition) is 7. The lowest BCUT2D eigenvalue weighted by Crippen LogP contribution is -2.54. The predicted octanol–water partition coefficient (Wildman–Crippen LogP) is -1.35. The number of hydrogen-bond donors (Lipinski definition) is 3. The van der Waals surface area contributed by atoms with E-state index in [2.05, 4.69) is 15.9 Å². The van der Waals surface area contributed by atoms with Crippen LogP contribution in [0, 0.1) is 0 Å². The maximum absolute atomic E-state index is 12.9. The lowest BCUT2D eigenvalue weighted by Gasteiger charge is -2.27. The Hall–Kier alpha value is -2.72. The van der Waals surface area contributed by atoms with E-state index in [4.69, 9.17) is 4.74 Å². The van der Waals surface area contributed by atoms with Crippen LogP contribution < -0.4 is 15.9 Å². The van der Waals surface area contributed by atoms with Crippen LogP contribution in [0.15, 0.2) is 18.2 Å². The number of imide groups is 2. The lowest BCUT2D eigenvalue weighted by molar-refractivity contribution is -0.136. The number of piperidine rings is 1. The number of fused-ring (bicyclic) bond motifs is 1. The van der Waals surface area contributed by atoms with Crippen molar-refractivity contribution >= 4 is 37.3 Å². The van der Waals surface area contributed by atoms with E-state index in [1.165, 1.54) is 0 Å². The fourth-order valence-electron chi connectivity index (χ4n) is 3.20. The highest BCUT2D eigenvalue weighted by Gasteiger charge is 2.45. The topological polar surface area (TPSA) is 117 Å². The molecule has 1 aromatic rings. The van der Waals surface area contributed by atoms with E-state index in [0.717, 1.165) is 11.4 Å². The second kappa shape index (κ2) is 8.32. The number of carbonyl (C=O) groups excluding carboxylic acids is 4. The van der Waals surface area contributed by atoms with Gasteiger partial charge in [0.05, 0.1) is 24.3 Å². The average Bonchev–Trinajstić information content (AvgIpc) is 2.90. The second-order valence-electron chi connectivity index (χ2n) is 6.32. The Morgan fingerprint density at radius 3 is 2.67 bits per heavy atom. The van der Waals surface area contributed by atoms with Crippen LogP contribution in [0.5, 0.6) is 0 Å². The molecule has 9 nitrogen and oxygen atoms in total. The quantitative estimate of drug-likeness (QED) is 0.294. The third-order valence-corrected chi connectivity index (χ3v) is 4.53. The van der Waals surface area contributed by atoms with Crippen LogP contribution in [0.1, 0.15) is 33.6 Å². The summed E-state index contributed by atoms with van der Waals surface area (Å²) in [6.07, 6.45) is 0.233. The SMILES string of the molecule is BNCCOCCNc1cccc2c1C(=O)N(C1CCC(=O)NC1=O)C2=O. The smallest absolute Gasteiger partial charge is 0.264 e. The molecule has 1 saturated heterocycles. The number of amides is 4. The first-order chi connectivity index (χ1) is 13.0. The van der Waals surface area contributed by atoms with Crippen molar-refractivity contribution in [3.8, 4) is 0 Å². The van der Waals surface area contributed by atoms with E-state index < -0.39 is 29.7 Å². The molecule has 0 aromatic heterocycles. The number of nitrogens with one attached hydrogen (secondary N) is 3.